The SMILES string of the molecule is C=CCN1CC[C@]23CCCC[C@@]2(OCCCCC)[C@H]1Cc1ccccc13. The Kier molecular flexibility index (Phi) is 5.25. The quantitative estimate of drug-likeness (QED) is 0.490. The summed E-state index contributed by atoms with van der Waals surface area (Å²) >= 11 is 0. The van der Waals surface area contributed by atoms with E-state index in [4.69, 9.17) is 4.74 Å². The molecular weight excluding hydrogens is 318 g/mol. The Balaban J connectivity index is 1.77. The van der Waals surface area contributed by atoms with E-state index in [1.807, 2.05) is 0 Å². The van der Waals surface area contributed by atoms with Gasteiger partial charge in [-0.05, 0) is 49.8 Å². The molecule has 142 valence electrons. The normalized spacial score (nSPS) is 33.3. The van der Waals surface area contributed by atoms with E-state index in [1.54, 1.807) is 11.1 Å². The minimum absolute atomic E-state index is 0.00854. The molecule has 0 spiro atoms. The number of benzene rings is 1. The highest BCUT2D eigenvalue weighted by Gasteiger charge is 2.64. The van der Waals surface area contributed by atoms with Gasteiger partial charge >= 0.3 is 0 Å². The lowest BCUT2D eigenvalue weighted by molar-refractivity contribution is -0.199. The predicted octanol–water partition coefficient (Wildman–Crippen LogP) is 5.26. The molecule has 1 aromatic rings. The lowest BCUT2D eigenvalue weighted by Gasteiger charge is -2.65. The maximum atomic E-state index is 6.99. The van der Waals surface area contributed by atoms with E-state index in [1.165, 1.54) is 57.9 Å². The standard InChI is InChI=1S/C24H35NO/c1-3-5-10-18-26-24-14-9-8-13-23(24)15-17-25(16-4-2)22(24)19-20-11-6-7-12-21(20)23/h4,6-7,11-12,22H,2-3,5,8-10,13-19H2,1H3/t22-,23+,24-/m1/s1. The lowest BCUT2D eigenvalue weighted by Crippen LogP contribution is -2.73. The molecule has 1 saturated carbocycles. The summed E-state index contributed by atoms with van der Waals surface area (Å²) in [5.74, 6) is 0. The third kappa shape index (κ3) is 2.68. The number of hydrogen-bond acceptors (Lipinski definition) is 2. The van der Waals surface area contributed by atoms with E-state index >= 15 is 0 Å². The largest absolute Gasteiger partial charge is 0.372 e. The van der Waals surface area contributed by atoms with Gasteiger partial charge in [0.1, 0.15) is 0 Å². The molecule has 2 heteroatoms. The van der Waals surface area contributed by atoms with E-state index in [2.05, 4.69) is 48.7 Å². The third-order valence-electron chi connectivity index (χ3n) is 7.43. The second-order valence-electron chi connectivity index (χ2n) is 8.64. The number of unbranched alkanes of at least 4 members (excludes halogenated alkanes) is 2. The fourth-order valence-electron chi connectivity index (χ4n) is 6.33. The van der Waals surface area contributed by atoms with E-state index in [9.17, 15) is 0 Å². The Hall–Kier alpha value is -1.12. The summed E-state index contributed by atoms with van der Waals surface area (Å²) in [6, 6.07) is 9.77. The Morgan fingerprint density at radius 3 is 2.88 bits per heavy atom. The van der Waals surface area contributed by atoms with Crippen LogP contribution in [0.15, 0.2) is 36.9 Å². The van der Waals surface area contributed by atoms with Crippen molar-refractivity contribution in [2.24, 2.45) is 0 Å². The first-order chi connectivity index (χ1) is 12.8. The number of nitrogens with zero attached hydrogens (tertiary/aromatic N) is 1. The summed E-state index contributed by atoms with van der Waals surface area (Å²) in [5, 5.41) is 0. The number of rotatable bonds is 7. The van der Waals surface area contributed by atoms with Gasteiger partial charge in [0, 0.05) is 24.6 Å². The molecular formula is C24H35NO. The summed E-state index contributed by atoms with van der Waals surface area (Å²) in [6.45, 7) is 9.41. The zero-order valence-corrected chi connectivity index (χ0v) is 16.5. The molecule has 0 aromatic heterocycles. The van der Waals surface area contributed by atoms with Crippen LogP contribution in [-0.4, -0.2) is 36.2 Å². The predicted molar refractivity (Wildman–Crippen MR) is 109 cm³/mol. The molecule has 0 unspecified atom stereocenters. The van der Waals surface area contributed by atoms with Crippen LogP contribution in [0, 0.1) is 0 Å². The fourth-order valence-corrected chi connectivity index (χ4v) is 6.33. The summed E-state index contributed by atoms with van der Waals surface area (Å²) < 4.78 is 6.99. The second-order valence-corrected chi connectivity index (χ2v) is 8.64. The summed E-state index contributed by atoms with van der Waals surface area (Å²) in [7, 11) is 0. The maximum absolute atomic E-state index is 6.99. The molecule has 2 aliphatic carbocycles. The van der Waals surface area contributed by atoms with Crippen LogP contribution in [0.4, 0.5) is 0 Å². The minimum atomic E-state index is 0.00854. The molecule has 0 amide bonds. The molecule has 1 saturated heterocycles. The van der Waals surface area contributed by atoms with E-state index < -0.39 is 0 Å². The molecule has 3 aliphatic rings. The van der Waals surface area contributed by atoms with Gasteiger partial charge in [0.2, 0.25) is 0 Å². The highest BCUT2D eigenvalue weighted by molar-refractivity contribution is 5.45. The summed E-state index contributed by atoms with van der Waals surface area (Å²) in [6.07, 6.45) is 13.4. The van der Waals surface area contributed by atoms with Crippen molar-refractivity contribution in [1.82, 2.24) is 4.90 Å². The van der Waals surface area contributed by atoms with Gasteiger partial charge in [-0.1, -0.05) is 62.9 Å². The van der Waals surface area contributed by atoms with Crippen LogP contribution in [0.5, 0.6) is 0 Å². The van der Waals surface area contributed by atoms with Crippen LogP contribution < -0.4 is 0 Å². The number of piperidine rings is 1. The van der Waals surface area contributed by atoms with Gasteiger partial charge in [-0.15, -0.1) is 6.58 Å². The van der Waals surface area contributed by atoms with Crippen molar-refractivity contribution in [3.8, 4) is 0 Å². The van der Waals surface area contributed by atoms with Crippen molar-refractivity contribution in [2.45, 2.75) is 81.8 Å². The summed E-state index contributed by atoms with van der Waals surface area (Å²) in [4.78, 5) is 2.67. The van der Waals surface area contributed by atoms with Crippen molar-refractivity contribution in [3.63, 3.8) is 0 Å². The zero-order chi connectivity index (χ0) is 18.0. The van der Waals surface area contributed by atoms with E-state index in [0.717, 1.165) is 19.6 Å². The average molecular weight is 354 g/mol. The first-order valence-corrected chi connectivity index (χ1v) is 10.8. The molecule has 26 heavy (non-hydrogen) atoms. The molecule has 1 heterocycles. The Morgan fingerprint density at radius 1 is 1.19 bits per heavy atom. The van der Waals surface area contributed by atoms with Crippen LogP contribution in [-0.2, 0) is 16.6 Å². The van der Waals surface area contributed by atoms with E-state index in [-0.39, 0.29) is 11.0 Å². The third-order valence-corrected chi connectivity index (χ3v) is 7.43. The molecule has 3 atom stereocenters. The number of fused-ring (bicyclic) bond motifs is 1. The van der Waals surface area contributed by atoms with Crippen molar-refractivity contribution in [3.05, 3.63) is 48.0 Å². The first-order valence-electron chi connectivity index (χ1n) is 10.8. The molecule has 1 aromatic carbocycles. The summed E-state index contributed by atoms with van der Waals surface area (Å²) in [5.41, 5.74) is 3.43. The van der Waals surface area contributed by atoms with Crippen molar-refractivity contribution in [2.75, 3.05) is 19.7 Å². The number of likely N-dealkylation sites (tertiary alicyclic amines) is 1. The van der Waals surface area contributed by atoms with Crippen LogP contribution in [0.1, 0.15) is 69.4 Å². The van der Waals surface area contributed by atoms with Gasteiger partial charge in [-0.25, -0.2) is 0 Å². The number of hydrogen-bond donors (Lipinski definition) is 0. The van der Waals surface area contributed by atoms with Gasteiger partial charge < -0.3 is 4.74 Å². The van der Waals surface area contributed by atoms with Crippen LogP contribution >= 0.6 is 0 Å². The van der Waals surface area contributed by atoms with Crippen molar-refractivity contribution >= 4 is 0 Å². The highest BCUT2D eigenvalue weighted by atomic mass is 16.5. The molecule has 0 radical (unpaired) electrons. The van der Waals surface area contributed by atoms with Crippen LogP contribution in [0.25, 0.3) is 0 Å². The van der Waals surface area contributed by atoms with Crippen molar-refractivity contribution in [1.29, 1.82) is 0 Å². The maximum Gasteiger partial charge on any atom is 0.0936 e. The van der Waals surface area contributed by atoms with Gasteiger partial charge in [-0.3, -0.25) is 4.90 Å². The number of ether oxygens (including phenoxy) is 1. The molecule has 2 nitrogen and oxygen atoms in total. The molecule has 1 aliphatic heterocycles. The van der Waals surface area contributed by atoms with E-state index in [0.29, 0.717) is 6.04 Å². The Bertz CT molecular complexity index is 641. The molecule has 2 bridgehead atoms. The monoisotopic (exact) mass is 353 g/mol. The van der Waals surface area contributed by atoms with Crippen LogP contribution in [0.2, 0.25) is 0 Å². The zero-order valence-electron chi connectivity index (χ0n) is 16.5. The second kappa shape index (κ2) is 7.48. The average Bonchev–Trinajstić information content (AvgIpc) is 2.67. The van der Waals surface area contributed by atoms with Gasteiger partial charge in [-0.2, -0.15) is 0 Å². The fraction of sp³-hybridized carbons (Fsp3) is 0.667. The van der Waals surface area contributed by atoms with Gasteiger partial charge in [0.05, 0.1) is 5.60 Å². The van der Waals surface area contributed by atoms with Gasteiger partial charge in [0.15, 0.2) is 0 Å². The lowest BCUT2D eigenvalue weighted by atomic mass is 9.49. The smallest absolute Gasteiger partial charge is 0.0936 e. The topological polar surface area (TPSA) is 12.5 Å². The van der Waals surface area contributed by atoms with Crippen molar-refractivity contribution < 1.29 is 4.74 Å². The molecule has 4 rings (SSSR count). The molecule has 0 N–H and O–H groups in total. The Morgan fingerprint density at radius 2 is 2.04 bits per heavy atom. The first kappa shape index (κ1) is 18.3. The highest BCUT2D eigenvalue weighted by Crippen LogP contribution is 2.59. The van der Waals surface area contributed by atoms with Gasteiger partial charge in [0.25, 0.3) is 0 Å². The van der Waals surface area contributed by atoms with Crippen LogP contribution in [0.3, 0.4) is 0 Å². The Labute approximate surface area is 159 Å². The molecule has 2 fully saturated rings. The minimum Gasteiger partial charge on any atom is -0.372 e.